The zero-order valence-electron chi connectivity index (χ0n) is 10.6. The van der Waals surface area contributed by atoms with Crippen molar-refractivity contribution in [3.63, 3.8) is 0 Å². The summed E-state index contributed by atoms with van der Waals surface area (Å²) in [5.74, 6) is 0.0204. The van der Waals surface area contributed by atoms with Crippen molar-refractivity contribution in [1.29, 1.82) is 0 Å². The van der Waals surface area contributed by atoms with Gasteiger partial charge in [0.2, 0.25) is 0 Å². The number of ether oxygens (including phenoxy) is 1. The van der Waals surface area contributed by atoms with Gasteiger partial charge in [-0.05, 0) is 35.3 Å². The van der Waals surface area contributed by atoms with Gasteiger partial charge in [-0.1, -0.05) is 6.92 Å². The lowest BCUT2D eigenvalue weighted by molar-refractivity contribution is -0.152. The van der Waals surface area contributed by atoms with Crippen LogP contribution in [0.4, 0.5) is 0 Å². The molecule has 3 nitrogen and oxygen atoms in total. The average Bonchev–Trinajstić information content (AvgIpc) is 2.72. The topological polar surface area (TPSA) is 29.5 Å². The number of amides is 1. The first kappa shape index (κ1) is 14.7. The molecule has 1 amide bonds. The van der Waals surface area contributed by atoms with E-state index in [1.807, 2.05) is 32.3 Å². The summed E-state index contributed by atoms with van der Waals surface area (Å²) in [7, 11) is 3.39. The van der Waals surface area contributed by atoms with Crippen LogP contribution in [0.2, 0.25) is 0 Å². The zero-order valence-corrected chi connectivity index (χ0v) is 13.0. The normalized spacial score (nSPS) is 14.4. The van der Waals surface area contributed by atoms with E-state index in [0.29, 0.717) is 13.0 Å². The summed E-state index contributed by atoms with van der Waals surface area (Å²) in [6, 6.07) is 2.03. The highest BCUT2D eigenvalue weighted by molar-refractivity contribution is 9.10. The van der Waals surface area contributed by atoms with E-state index in [9.17, 15) is 4.79 Å². The van der Waals surface area contributed by atoms with E-state index in [1.165, 1.54) is 0 Å². The number of halogens is 1. The van der Waals surface area contributed by atoms with E-state index in [-0.39, 0.29) is 5.91 Å². The summed E-state index contributed by atoms with van der Waals surface area (Å²) >= 11 is 5.05. The molecule has 0 saturated heterocycles. The minimum Gasteiger partial charge on any atom is -0.369 e. The predicted octanol–water partition coefficient (Wildman–Crippen LogP) is 3.28. The molecule has 0 N–H and O–H groups in total. The van der Waals surface area contributed by atoms with E-state index < -0.39 is 5.60 Å². The molecule has 0 saturated carbocycles. The van der Waals surface area contributed by atoms with E-state index in [1.54, 1.807) is 23.3 Å². The molecule has 0 fully saturated rings. The van der Waals surface area contributed by atoms with Gasteiger partial charge in [0.25, 0.3) is 5.91 Å². The maximum atomic E-state index is 12.2. The summed E-state index contributed by atoms with van der Waals surface area (Å²) in [5.41, 5.74) is -0.719. The maximum Gasteiger partial charge on any atom is 0.254 e. The van der Waals surface area contributed by atoms with Gasteiger partial charge < -0.3 is 9.64 Å². The molecular weight excluding hydrogens is 302 g/mol. The minimum absolute atomic E-state index is 0.0204. The van der Waals surface area contributed by atoms with Gasteiger partial charge in [-0.2, -0.15) is 0 Å². The van der Waals surface area contributed by atoms with Crippen LogP contribution in [0.3, 0.4) is 0 Å². The van der Waals surface area contributed by atoms with Gasteiger partial charge in [-0.15, -0.1) is 11.3 Å². The van der Waals surface area contributed by atoms with Crippen LogP contribution in [-0.2, 0) is 16.1 Å². The highest BCUT2D eigenvalue weighted by Gasteiger charge is 2.33. The number of carbonyl (C=O) groups is 1. The third-order valence-corrected chi connectivity index (χ3v) is 4.62. The maximum absolute atomic E-state index is 12.2. The van der Waals surface area contributed by atoms with Crippen LogP contribution in [0.25, 0.3) is 0 Å². The minimum atomic E-state index is -0.719. The van der Waals surface area contributed by atoms with Crippen molar-refractivity contribution in [3.05, 3.63) is 20.8 Å². The Kier molecular flexibility index (Phi) is 5.16. The number of hydrogen-bond acceptors (Lipinski definition) is 3. The number of likely N-dealkylation sites (N-methyl/N-ethyl adjacent to an activating group) is 1. The highest BCUT2D eigenvalue weighted by atomic mass is 79.9. The smallest absolute Gasteiger partial charge is 0.254 e. The van der Waals surface area contributed by atoms with E-state index in [2.05, 4.69) is 15.9 Å². The molecule has 96 valence electrons. The largest absolute Gasteiger partial charge is 0.369 e. The Morgan fingerprint density at radius 2 is 2.29 bits per heavy atom. The molecule has 0 radical (unpaired) electrons. The third kappa shape index (κ3) is 3.53. The summed E-state index contributed by atoms with van der Waals surface area (Å²) in [6.07, 6.45) is 0.667. The third-order valence-electron chi connectivity index (χ3n) is 2.94. The second kappa shape index (κ2) is 5.98. The van der Waals surface area contributed by atoms with Crippen LogP contribution in [0.1, 0.15) is 25.1 Å². The molecule has 0 aliphatic carbocycles. The van der Waals surface area contributed by atoms with Crippen molar-refractivity contribution >= 4 is 33.2 Å². The standard InChI is InChI=1S/C12H18BrNO2S/c1-5-12(2,16-4)11(15)14(3)7-10-6-9(13)8-17-10/h6,8H,5,7H2,1-4H3. The molecule has 0 aromatic carbocycles. The summed E-state index contributed by atoms with van der Waals surface area (Å²) < 4.78 is 6.37. The van der Waals surface area contributed by atoms with Crippen LogP contribution in [0.5, 0.6) is 0 Å². The predicted molar refractivity (Wildman–Crippen MR) is 74.2 cm³/mol. The average molecular weight is 320 g/mol. The monoisotopic (exact) mass is 319 g/mol. The van der Waals surface area contributed by atoms with Crippen molar-refractivity contribution < 1.29 is 9.53 Å². The van der Waals surface area contributed by atoms with Gasteiger partial charge in [-0.3, -0.25) is 4.79 Å². The van der Waals surface area contributed by atoms with Crippen molar-refractivity contribution in [2.75, 3.05) is 14.2 Å². The van der Waals surface area contributed by atoms with Crippen LogP contribution in [0.15, 0.2) is 15.9 Å². The number of nitrogens with zero attached hydrogens (tertiary/aromatic N) is 1. The second-order valence-corrected chi connectivity index (χ2v) is 6.09. The van der Waals surface area contributed by atoms with E-state index >= 15 is 0 Å². The lowest BCUT2D eigenvalue weighted by Crippen LogP contribution is -2.46. The molecule has 1 atom stereocenters. The van der Waals surface area contributed by atoms with Gasteiger partial charge in [0.05, 0.1) is 6.54 Å². The first-order valence-electron chi connectivity index (χ1n) is 5.46. The van der Waals surface area contributed by atoms with Crippen molar-refractivity contribution in [1.82, 2.24) is 4.90 Å². The Hall–Kier alpha value is -0.390. The molecule has 0 bridgehead atoms. The number of rotatable bonds is 5. The second-order valence-electron chi connectivity index (χ2n) is 4.18. The van der Waals surface area contributed by atoms with Gasteiger partial charge in [0.1, 0.15) is 5.60 Å². The van der Waals surface area contributed by atoms with Crippen LogP contribution in [-0.4, -0.2) is 30.6 Å². The quantitative estimate of drug-likeness (QED) is 0.833. The molecule has 5 heteroatoms. The van der Waals surface area contributed by atoms with Gasteiger partial charge in [-0.25, -0.2) is 0 Å². The van der Waals surface area contributed by atoms with Crippen LogP contribution < -0.4 is 0 Å². The molecule has 1 aromatic heterocycles. The molecule has 1 rings (SSSR count). The summed E-state index contributed by atoms with van der Waals surface area (Å²) in [4.78, 5) is 15.1. The molecule has 0 spiro atoms. The zero-order chi connectivity index (χ0) is 13.1. The highest BCUT2D eigenvalue weighted by Crippen LogP contribution is 2.23. The van der Waals surface area contributed by atoms with E-state index in [4.69, 9.17) is 4.74 Å². The fourth-order valence-corrected chi connectivity index (χ4v) is 3.03. The van der Waals surface area contributed by atoms with Crippen molar-refractivity contribution in [2.45, 2.75) is 32.4 Å². The Morgan fingerprint density at radius 1 is 1.65 bits per heavy atom. The van der Waals surface area contributed by atoms with Crippen LogP contribution >= 0.6 is 27.3 Å². The van der Waals surface area contributed by atoms with Gasteiger partial charge >= 0.3 is 0 Å². The van der Waals surface area contributed by atoms with Gasteiger partial charge in [0.15, 0.2) is 0 Å². The lowest BCUT2D eigenvalue weighted by Gasteiger charge is -2.30. The fourth-order valence-electron chi connectivity index (χ4n) is 1.53. The Bertz CT molecular complexity index is 388. The molecule has 1 heterocycles. The Morgan fingerprint density at radius 3 is 2.71 bits per heavy atom. The molecule has 1 unspecified atom stereocenters. The van der Waals surface area contributed by atoms with E-state index in [0.717, 1.165) is 9.35 Å². The lowest BCUT2D eigenvalue weighted by atomic mass is 10.0. The molecular formula is C12H18BrNO2S. The number of carbonyl (C=O) groups excluding carboxylic acids is 1. The summed E-state index contributed by atoms with van der Waals surface area (Å²) in [6.45, 7) is 4.40. The number of hydrogen-bond donors (Lipinski definition) is 0. The molecule has 1 aromatic rings. The summed E-state index contributed by atoms with van der Waals surface area (Å²) in [5, 5.41) is 2.02. The Balaban J connectivity index is 2.70. The van der Waals surface area contributed by atoms with Gasteiger partial charge in [0, 0.05) is 28.9 Å². The Labute approximate surface area is 115 Å². The first-order chi connectivity index (χ1) is 7.92. The molecule has 17 heavy (non-hydrogen) atoms. The first-order valence-corrected chi connectivity index (χ1v) is 7.14. The van der Waals surface area contributed by atoms with Crippen molar-refractivity contribution in [2.24, 2.45) is 0 Å². The number of thiophene rings is 1. The van der Waals surface area contributed by atoms with Crippen LogP contribution in [0, 0.1) is 0 Å². The molecule has 0 aliphatic rings. The SMILES string of the molecule is CCC(C)(OC)C(=O)N(C)Cc1cc(Br)cs1. The fraction of sp³-hybridized carbons (Fsp3) is 0.583. The number of methoxy groups -OCH3 is 1. The molecule has 0 aliphatic heterocycles. The van der Waals surface area contributed by atoms with Crippen molar-refractivity contribution in [3.8, 4) is 0 Å².